The third-order valence-electron chi connectivity index (χ3n) is 3.15. The molecule has 0 saturated heterocycles. The molecule has 0 radical (unpaired) electrons. The lowest BCUT2D eigenvalue weighted by Crippen LogP contribution is -2.27. The van der Waals surface area contributed by atoms with Crippen molar-refractivity contribution in [2.24, 2.45) is 0 Å². The summed E-state index contributed by atoms with van der Waals surface area (Å²) >= 11 is 0. The van der Waals surface area contributed by atoms with E-state index in [1.165, 1.54) is 12.1 Å². The summed E-state index contributed by atoms with van der Waals surface area (Å²) in [7, 11) is 0. The summed E-state index contributed by atoms with van der Waals surface area (Å²) in [6.07, 6.45) is 0.672. The van der Waals surface area contributed by atoms with Crippen LogP contribution in [0.5, 0.6) is 0 Å². The summed E-state index contributed by atoms with van der Waals surface area (Å²) in [6, 6.07) is 5.76. The second kappa shape index (κ2) is 5.73. The number of aromatic nitrogens is 2. The topological polar surface area (TPSA) is 83.8 Å². The van der Waals surface area contributed by atoms with Gasteiger partial charge in [0.05, 0.1) is 17.4 Å². The highest BCUT2D eigenvalue weighted by atomic mass is 19.1. The average Bonchev–Trinajstić information content (AvgIpc) is 2.79. The summed E-state index contributed by atoms with van der Waals surface area (Å²) in [6.45, 7) is 3.69. The molecule has 1 amide bonds. The maximum atomic E-state index is 13.2. The lowest BCUT2D eigenvalue weighted by Gasteiger charge is -2.13. The summed E-state index contributed by atoms with van der Waals surface area (Å²) in [4.78, 5) is 12.1. The van der Waals surface area contributed by atoms with Crippen LogP contribution in [0.15, 0.2) is 24.3 Å². The molecule has 0 aliphatic heterocycles. The van der Waals surface area contributed by atoms with Gasteiger partial charge in [0.25, 0.3) is 5.91 Å². The Labute approximate surface area is 116 Å². The van der Waals surface area contributed by atoms with Gasteiger partial charge in [-0.2, -0.15) is 5.10 Å². The van der Waals surface area contributed by atoms with Crippen LogP contribution in [0.3, 0.4) is 0 Å². The first kappa shape index (κ1) is 14.0. The number of nitrogens with zero attached hydrogens (tertiary/aromatic N) is 1. The third kappa shape index (κ3) is 2.79. The predicted molar refractivity (Wildman–Crippen MR) is 74.7 cm³/mol. The maximum absolute atomic E-state index is 13.2. The van der Waals surface area contributed by atoms with Crippen LogP contribution >= 0.6 is 0 Å². The number of benzene rings is 1. The van der Waals surface area contributed by atoms with Crippen molar-refractivity contribution in [3.63, 3.8) is 0 Å². The molecule has 1 heterocycles. The van der Waals surface area contributed by atoms with E-state index in [4.69, 9.17) is 5.73 Å². The number of carbonyl (C=O) groups excluding carboxylic acids is 1. The molecule has 1 unspecified atom stereocenters. The molecule has 1 atom stereocenters. The summed E-state index contributed by atoms with van der Waals surface area (Å²) in [5.41, 5.74) is 7.78. The normalized spacial score (nSPS) is 12.2. The lowest BCUT2D eigenvalue weighted by atomic mass is 10.1. The van der Waals surface area contributed by atoms with Crippen LogP contribution in [-0.2, 0) is 6.42 Å². The van der Waals surface area contributed by atoms with Crippen molar-refractivity contribution in [2.75, 3.05) is 5.73 Å². The van der Waals surface area contributed by atoms with E-state index in [2.05, 4.69) is 15.5 Å². The van der Waals surface area contributed by atoms with Crippen molar-refractivity contribution >= 4 is 11.6 Å². The Morgan fingerprint density at radius 1 is 1.55 bits per heavy atom. The number of nitrogens with one attached hydrogen (secondary N) is 2. The van der Waals surface area contributed by atoms with E-state index < -0.39 is 0 Å². The second-order valence-corrected chi connectivity index (χ2v) is 4.57. The monoisotopic (exact) mass is 276 g/mol. The van der Waals surface area contributed by atoms with Crippen molar-refractivity contribution in [1.82, 2.24) is 15.5 Å². The molecule has 1 aromatic heterocycles. The summed E-state index contributed by atoms with van der Waals surface area (Å²) < 4.78 is 13.2. The van der Waals surface area contributed by atoms with Gasteiger partial charge in [-0.25, -0.2) is 4.39 Å². The Bertz CT molecular complexity index is 623. The number of rotatable bonds is 4. The van der Waals surface area contributed by atoms with Crippen LogP contribution in [-0.4, -0.2) is 16.1 Å². The van der Waals surface area contributed by atoms with E-state index in [9.17, 15) is 9.18 Å². The molecule has 2 rings (SSSR count). The Hall–Kier alpha value is -2.37. The molecule has 6 heteroatoms. The number of nitrogen functional groups attached to an aromatic ring is 1. The van der Waals surface area contributed by atoms with Gasteiger partial charge in [-0.3, -0.25) is 9.89 Å². The number of carbonyl (C=O) groups is 1. The largest absolute Gasteiger partial charge is 0.395 e. The molecule has 0 spiro atoms. The van der Waals surface area contributed by atoms with E-state index >= 15 is 0 Å². The zero-order valence-corrected chi connectivity index (χ0v) is 11.4. The zero-order chi connectivity index (χ0) is 14.7. The van der Waals surface area contributed by atoms with Gasteiger partial charge in [0.15, 0.2) is 5.69 Å². The maximum Gasteiger partial charge on any atom is 0.274 e. The van der Waals surface area contributed by atoms with Crippen LogP contribution in [0.4, 0.5) is 10.1 Å². The molecule has 0 bridgehead atoms. The number of H-pyrrole nitrogens is 1. The molecule has 0 aliphatic carbocycles. The molecule has 1 aromatic carbocycles. The number of hydrogen-bond donors (Lipinski definition) is 3. The number of aromatic amines is 1. The van der Waals surface area contributed by atoms with E-state index in [1.807, 2.05) is 6.92 Å². The molecule has 2 aromatic rings. The van der Waals surface area contributed by atoms with E-state index in [-0.39, 0.29) is 23.5 Å². The summed E-state index contributed by atoms with van der Waals surface area (Å²) in [5, 5.41) is 9.40. The Morgan fingerprint density at radius 2 is 2.30 bits per heavy atom. The minimum atomic E-state index is -0.379. The fraction of sp³-hybridized carbons (Fsp3) is 0.286. The van der Waals surface area contributed by atoms with Crippen LogP contribution in [0.25, 0.3) is 0 Å². The molecule has 20 heavy (non-hydrogen) atoms. The van der Waals surface area contributed by atoms with Crippen LogP contribution in [0, 0.1) is 5.82 Å². The minimum Gasteiger partial charge on any atom is -0.395 e. The van der Waals surface area contributed by atoms with Crippen molar-refractivity contribution in [3.8, 4) is 0 Å². The smallest absolute Gasteiger partial charge is 0.274 e. The van der Waals surface area contributed by atoms with Gasteiger partial charge in [-0.15, -0.1) is 0 Å². The van der Waals surface area contributed by atoms with Gasteiger partial charge in [0, 0.05) is 0 Å². The minimum absolute atomic E-state index is 0.171. The van der Waals surface area contributed by atoms with Gasteiger partial charge in [-0.1, -0.05) is 19.1 Å². The third-order valence-corrected chi connectivity index (χ3v) is 3.15. The number of nitrogens with two attached hydrogens (primary N) is 1. The Balaban J connectivity index is 2.13. The average molecular weight is 276 g/mol. The van der Waals surface area contributed by atoms with Gasteiger partial charge < -0.3 is 11.1 Å². The van der Waals surface area contributed by atoms with Gasteiger partial charge >= 0.3 is 0 Å². The van der Waals surface area contributed by atoms with Crippen LogP contribution in [0.2, 0.25) is 0 Å². The SMILES string of the molecule is CCc1[nH]nc(C(=O)NC(C)c2cccc(F)c2)c1N. The standard InChI is InChI=1S/C14H17FN4O/c1-3-11-12(16)13(19-18-11)14(20)17-8(2)9-5-4-6-10(15)7-9/h4-8H,3,16H2,1-2H3,(H,17,20)(H,18,19). The quantitative estimate of drug-likeness (QED) is 0.800. The number of hydrogen-bond acceptors (Lipinski definition) is 3. The van der Waals surface area contributed by atoms with Gasteiger partial charge in [0.1, 0.15) is 5.82 Å². The number of amides is 1. The predicted octanol–water partition coefficient (Wildman–Crippen LogP) is 2.18. The molecular formula is C14H17FN4O. The van der Waals surface area contributed by atoms with E-state index in [0.717, 1.165) is 5.69 Å². The summed E-state index contributed by atoms with van der Waals surface area (Å²) in [5.74, 6) is -0.716. The van der Waals surface area contributed by atoms with E-state index in [1.54, 1.807) is 19.1 Å². The fourth-order valence-corrected chi connectivity index (χ4v) is 1.95. The molecular weight excluding hydrogens is 259 g/mol. The molecule has 0 saturated carbocycles. The fourth-order valence-electron chi connectivity index (χ4n) is 1.95. The van der Waals surface area contributed by atoms with Crippen LogP contribution in [0.1, 0.15) is 41.6 Å². The zero-order valence-electron chi connectivity index (χ0n) is 11.4. The first-order valence-corrected chi connectivity index (χ1v) is 6.42. The molecule has 0 fully saturated rings. The van der Waals surface area contributed by atoms with Crippen molar-refractivity contribution in [2.45, 2.75) is 26.3 Å². The molecule has 4 N–H and O–H groups in total. The second-order valence-electron chi connectivity index (χ2n) is 4.57. The lowest BCUT2D eigenvalue weighted by molar-refractivity contribution is 0.0935. The van der Waals surface area contributed by atoms with Crippen molar-refractivity contribution < 1.29 is 9.18 Å². The highest BCUT2D eigenvalue weighted by Gasteiger charge is 2.18. The number of halogens is 1. The van der Waals surface area contributed by atoms with Crippen molar-refractivity contribution in [3.05, 3.63) is 47.0 Å². The van der Waals surface area contributed by atoms with Gasteiger partial charge in [0.2, 0.25) is 0 Å². The number of anilines is 1. The first-order chi connectivity index (χ1) is 9.52. The molecule has 0 aliphatic rings. The van der Waals surface area contributed by atoms with Gasteiger partial charge in [-0.05, 0) is 31.0 Å². The Kier molecular flexibility index (Phi) is 4.02. The highest BCUT2D eigenvalue weighted by molar-refractivity contribution is 5.97. The molecule has 106 valence electrons. The Morgan fingerprint density at radius 3 is 2.90 bits per heavy atom. The first-order valence-electron chi connectivity index (χ1n) is 6.42. The molecule has 5 nitrogen and oxygen atoms in total. The van der Waals surface area contributed by atoms with Crippen molar-refractivity contribution in [1.29, 1.82) is 0 Å². The highest BCUT2D eigenvalue weighted by Crippen LogP contribution is 2.17. The van der Waals surface area contributed by atoms with E-state index in [0.29, 0.717) is 17.7 Å². The number of aryl methyl sites for hydroxylation is 1. The van der Waals surface area contributed by atoms with Crippen LogP contribution < -0.4 is 11.1 Å².